The van der Waals surface area contributed by atoms with Crippen molar-refractivity contribution in [2.45, 2.75) is 84.1 Å². The maximum Gasteiger partial charge on any atom is 0.174 e. The molecule has 0 radical (unpaired) electrons. The van der Waals surface area contributed by atoms with Gasteiger partial charge in [-0.25, -0.2) is 4.39 Å². The van der Waals surface area contributed by atoms with Gasteiger partial charge in [0.25, 0.3) is 0 Å². The summed E-state index contributed by atoms with van der Waals surface area (Å²) in [4.78, 5) is 0. The van der Waals surface area contributed by atoms with Gasteiger partial charge in [0.1, 0.15) is 3.70 Å². The van der Waals surface area contributed by atoms with E-state index >= 15 is 0 Å². The van der Waals surface area contributed by atoms with E-state index in [9.17, 15) is 4.39 Å². The molecule has 1 unspecified atom stereocenters. The first kappa shape index (κ1) is 17.9. The topological polar surface area (TPSA) is 17.8 Å². The van der Waals surface area contributed by atoms with Gasteiger partial charge in [-0.1, -0.05) is 58.8 Å². The molecule has 0 bridgehead atoms. The summed E-state index contributed by atoms with van der Waals surface area (Å²) in [6, 6.07) is 0. The molecule has 20 heavy (non-hydrogen) atoms. The van der Waals surface area contributed by atoms with Crippen molar-refractivity contribution < 1.29 is 4.39 Å². The molecule has 0 N–H and O–H groups in total. The Morgan fingerprint density at radius 3 is 2.25 bits per heavy atom. The smallest absolute Gasteiger partial charge is 0.174 e. The first-order valence-corrected chi connectivity index (χ1v) is 9.02. The predicted octanol–water partition coefficient (Wildman–Crippen LogP) is 5.89. The van der Waals surface area contributed by atoms with E-state index in [-0.39, 0.29) is 11.4 Å². The van der Waals surface area contributed by atoms with Gasteiger partial charge in [0.15, 0.2) is 5.82 Å². The fourth-order valence-corrected chi connectivity index (χ4v) is 3.54. The molecular formula is C16H28FIN2. The molecule has 0 aromatic carbocycles. The third-order valence-electron chi connectivity index (χ3n) is 4.07. The van der Waals surface area contributed by atoms with E-state index in [4.69, 9.17) is 0 Å². The fraction of sp³-hybridized carbons (Fsp3) is 0.812. The van der Waals surface area contributed by atoms with Crippen molar-refractivity contribution in [3.05, 3.63) is 15.7 Å². The first-order chi connectivity index (χ1) is 9.55. The van der Waals surface area contributed by atoms with Crippen molar-refractivity contribution in [2.75, 3.05) is 0 Å². The molecule has 1 atom stereocenters. The Morgan fingerprint density at radius 1 is 1.10 bits per heavy atom. The minimum atomic E-state index is -0.195. The molecule has 0 spiro atoms. The lowest BCUT2D eigenvalue weighted by molar-refractivity contribution is 0.223. The quantitative estimate of drug-likeness (QED) is 0.357. The molecular weight excluding hydrogens is 366 g/mol. The van der Waals surface area contributed by atoms with Crippen molar-refractivity contribution >= 4 is 22.6 Å². The highest BCUT2D eigenvalue weighted by molar-refractivity contribution is 14.1. The second-order valence-electron chi connectivity index (χ2n) is 5.96. The van der Waals surface area contributed by atoms with Crippen LogP contribution in [0.5, 0.6) is 0 Å². The van der Waals surface area contributed by atoms with Crippen molar-refractivity contribution in [1.29, 1.82) is 0 Å². The molecule has 0 amide bonds. The van der Waals surface area contributed by atoms with Gasteiger partial charge >= 0.3 is 0 Å². The van der Waals surface area contributed by atoms with Gasteiger partial charge < -0.3 is 0 Å². The average molecular weight is 394 g/mol. The number of rotatable bonds is 10. The lowest BCUT2D eigenvalue weighted by Gasteiger charge is -2.31. The Hall–Kier alpha value is -0.130. The van der Waals surface area contributed by atoms with E-state index in [2.05, 4.69) is 48.5 Å². The van der Waals surface area contributed by atoms with Crippen molar-refractivity contribution in [1.82, 2.24) is 9.78 Å². The van der Waals surface area contributed by atoms with E-state index in [0.717, 1.165) is 12.8 Å². The van der Waals surface area contributed by atoms with Crippen molar-refractivity contribution in [3.8, 4) is 0 Å². The zero-order valence-electron chi connectivity index (χ0n) is 13.1. The molecule has 2 nitrogen and oxygen atoms in total. The summed E-state index contributed by atoms with van der Waals surface area (Å²) in [7, 11) is 0. The van der Waals surface area contributed by atoms with Crippen LogP contribution in [0.3, 0.4) is 0 Å². The standard InChI is InChI=1S/C16H28FIN2/c1-4-6-8-9-10-12-16(3,11-7-5-2)20-15(18)14(17)13-19-20/h13H,4-12H2,1-3H3. The Balaban J connectivity index is 2.68. The molecule has 1 aromatic rings. The van der Waals surface area contributed by atoms with E-state index in [1.54, 1.807) is 0 Å². The summed E-state index contributed by atoms with van der Waals surface area (Å²) >= 11 is 2.08. The van der Waals surface area contributed by atoms with Gasteiger partial charge in [0.2, 0.25) is 0 Å². The van der Waals surface area contributed by atoms with E-state index < -0.39 is 0 Å². The summed E-state index contributed by atoms with van der Waals surface area (Å²) in [5.74, 6) is -0.195. The van der Waals surface area contributed by atoms with E-state index in [1.165, 1.54) is 51.1 Å². The minimum absolute atomic E-state index is 0.0386. The van der Waals surface area contributed by atoms with Crippen LogP contribution in [-0.2, 0) is 5.54 Å². The highest BCUT2D eigenvalue weighted by Crippen LogP contribution is 2.31. The maximum absolute atomic E-state index is 13.6. The van der Waals surface area contributed by atoms with Crippen LogP contribution >= 0.6 is 22.6 Å². The number of aromatic nitrogens is 2. The van der Waals surface area contributed by atoms with Gasteiger partial charge in [0.05, 0.1) is 11.7 Å². The van der Waals surface area contributed by atoms with Crippen LogP contribution in [0.4, 0.5) is 4.39 Å². The number of hydrogen-bond donors (Lipinski definition) is 0. The third-order valence-corrected chi connectivity index (χ3v) is 5.04. The number of hydrogen-bond acceptors (Lipinski definition) is 1. The lowest BCUT2D eigenvalue weighted by Crippen LogP contribution is -2.32. The number of nitrogens with zero attached hydrogens (tertiary/aromatic N) is 2. The van der Waals surface area contributed by atoms with Crippen LogP contribution in [0.1, 0.15) is 78.6 Å². The summed E-state index contributed by atoms with van der Waals surface area (Å²) in [6.07, 6.45) is 12.2. The molecule has 0 saturated heterocycles. The summed E-state index contributed by atoms with van der Waals surface area (Å²) in [5, 5.41) is 4.29. The van der Waals surface area contributed by atoms with Crippen molar-refractivity contribution in [2.24, 2.45) is 0 Å². The van der Waals surface area contributed by atoms with Crippen LogP contribution in [0, 0.1) is 9.52 Å². The largest absolute Gasteiger partial charge is 0.250 e. The van der Waals surface area contributed by atoms with Gasteiger partial charge in [-0.05, 0) is 42.4 Å². The zero-order chi connectivity index (χ0) is 15.0. The molecule has 1 aromatic heterocycles. The number of halogens is 2. The van der Waals surface area contributed by atoms with Gasteiger partial charge in [0, 0.05) is 0 Å². The Labute approximate surface area is 136 Å². The van der Waals surface area contributed by atoms with Crippen LogP contribution in [-0.4, -0.2) is 9.78 Å². The molecule has 0 aliphatic carbocycles. The highest BCUT2D eigenvalue weighted by Gasteiger charge is 2.29. The number of unbranched alkanes of at least 4 members (excludes halogenated alkanes) is 5. The molecule has 0 aliphatic heterocycles. The van der Waals surface area contributed by atoms with Gasteiger partial charge in [-0.2, -0.15) is 5.10 Å². The molecule has 1 rings (SSSR count). The monoisotopic (exact) mass is 394 g/mol. The molecule has 116 valence electrons. The normalized spacial score (nSPS) is 14.4. The van der Waals surface area contributed by atoms with E-state index in [1.807, 2.05) is 4.68 Å². The minimum Gasteiger partial charge on any atom is -0.250 e. The highest BCUT2D eigenvalue weighted by atomic mass is 127. The summed E-state index contributed by atoms with van der Waals surface area (Å²) in [5.41, 5.74) is -0.0386. The maximum atomic E-state index is 13.6. The predicted molar refractivity (Wildman–Crippen MR) is 91.5 cm³/mol. The molecule has 0 aliphatic rings. The summed E-state index contributed by atoms with van der Waals surface area (Å²) < 4.78 is 16.2. The average Bonchev–Trinajstić information content (AvgIpc) is 2.77. The van der Waals surface area contributed by atoms with Crippen LogP contribution in [0.25, 0.3) is 0 Å². The third kappa shape index (κ3) is 5.01. The molecule has 1 heterocycles. The zero-order valence-corrected chi connectivity index (χ0v) is 15.2. The SMILES string of the molecule is CCCCCCCC(C)(CCCC)n1ncc(F)c1I. The van der Waals surface area contributed by atoms with Crippen LogP contribution in [0.15, 0.2) is 6.20 Å². The van der Waals surface area contributed by atoms with Crippen LogP contribution < -0.4 is 0 Å². The van der Waals surface area contributed by atoms with Gasteiger partial charge in [-0.15, -0.1) is 0 Å². The Morgan fingerprint density at radius 2 is 1.70 bits per heavy atom. The Bertz CT molecular complexity index is 392. The van der Waals surface area contributed by atoms with Crippen LogP contribution in [0.2, 0.25) is 0 Å². The summed E-state index contributed by atoms with van der Waals surface area (Å²) in [6.45, 7) is 6.67. The van der Waals surface area contributed by atoms with E-state index in [0.29, 0.717) is 3.70 Å². The second-order valence-corrected chi connectivity index (χ2v) is 6.98. The fourth-order valence-electron chi connectivity index (χ4n) is 2.69. The Kier molecular flexibility index (Phi) is 8.07. The van der Waals surface area contributed by atoms with Crippen molar-refractivity contribution in [3.63, 3.8) is 0 Å². The second kappa shape index (κ2) is 9.00. The molecule has 0 saturated carbocycles. The lowest BCUT2D eigenvalue weighted by atomic mass is 9.88. The first-order valence-electron chi connectivity index (χ1n) is 7.94. The van der Waals surface area contributed by atoms with Gasteiger partial charge in [-0.3, -0.25) is 4.68 Å². The molecule has 4 heteroatoms. The molecule has 0 fully saturated rings.